The Morgan fingerprint density at radius 2 is 2.10 bits per heavy atom. The number of carbonyl (C=O) groups excluding carboxylic acids is 1. The Hall–Kier alpha value is -1.79. The lowest BCUT2D eigenvalue weighted by Gasteiger charge is -2.18. The topological polar surface area (TPSA) is 95.9 Å². The minimum atomic E-state index is -1.35. The quantitative estimate of drug-likeness (QED) is 0.728. The number of aliphatic hydroxyl groups excluding tert-OH is 1. The van der Waals surface area contributed by atoms with Crippen LogP contribution in [0, 0.1) is 6.92 Å². The molecule has 1 unspecified atom stereocenters. The van der Waals surface area contributed by atoms with E-state index in [1.807, 2.05) is 0 Å². The van der Waals surface area contributed by atoms with Gasteiger partial charge in [0.2, 0.25) is 0 Å². The van der Waals surface area contributed by atoms with E-state index in [0.29, 0.717) is 10.8 Å². The van der Waals surface area contributed by atoms with E-state index in [-0.39, 0.29) is 0 Å². The molecule has 0 radical (unpaired) electrons. The molecule has 0 aliphatic carbocycles. The molecular weight excluding hydrogens is 286 g/mol. The number of nitrogens with one attached hydrogen (secondary N) is 1. The number of carboxylic acid groups (broad SMARTS) is 1. The molecule has 0 fully saturated rings. The molecule has 0 saturated carbocycles. The number of hydrogen-bond donors (Lipinski definition) is 3. The summed E-state index contributed by atoms with van der Waals surface area (Å²) in [5.74, 6) is -1.45. The number of ether oxygens (including phenoxy) is 1. The van der Waals surface area contributed by atoms with Gasteiger partial charge in [-0.2, -0.15) is 0 Å². The van der Waals surface area contributed by atoms with Crippen molar-refractivity contribution < 1.29 is 24.5 Å². The van der Waals surface area contributed by atoms with Gasteiger partial charge in [-0.05, 0) is 37.6 Å². The second kappa shape index (κ2) is 7.12. The van der Waals surface area contributed by atoms with E-state index in [1.54, 1.807) is 25.1 Å². The van der Waals surface area contributed by atoms with Gasteiger partial charge in [0.15, 0.2) is 6.10 Å². The maximum Gasteiger partial charge on any atom is 0.328 e. The van der Waals surface area contributed by atoms with E-state index in [1.165, 1.54) is 6.92 Å². The van der Waals surface area contributed by atoms with Gasteiger partial charge in [0.05, 0.1) is 6.61 Å². The van der Waals surface area contributed by atoms with Crippen LogP contribution in [0.2, 0.25) is 5.02 Å². The number of halogens is 1. The second-order valence-electron chi connectivity index (χ2n) is 4.25. The summed E-state index contributed by atoms with van der Waals surface area (Å²) in [7, 11) is 0. The third-order valence-corrected chi connectivity index (χ3v) is 2.84. The van der Waals surface area contributed by atoms with Crippen molar-refractivity contribution in [2.24, 2.45) is 0 Å². The average Bonchev–Trinajstić information content (AvgIpc) is 2.38. The van der Waals surface area contributed by atoms with Crippen molar-refractivity contribution in [2.75, 3.05) is 6.61 Å². The fraction of sp³-hybridized carbons (Fsp3) is 0.385. The fourth-order valence-corrected chi connectivity index (χ4v) is 1.69. The molecule has 0 bridgehead atoms. The van der Waals surface area contributed by atoms with Gasteiger partial charge in [0, 0.05) is 5.02 Å². The van der Waals surface area contributed by atoms with Crippen molar-refractivity contribution >= 4 is 23.5 Å². The normalized spacial score (nSPS) is 13.4. The molecule has 0 heterocycles. The number of hydrogen-bond acceptors (Lipinski definition) is 4. The van der Waals surface area contributed by atoms with Crippen LogP contribution in [0.5, 0.6) is 5.75 Å². The molecule has 0 aromatic heterocycles. The molecule has 3 N–H and O–H groups in total. The van der Waals surface area contributed by atoms with E-state index >= 15 is 0 Å². The van der Waals surface area contributed by atoms with Crippen LogP contribution in [-0.4, -0.2) is 40.8 Å². The molecule has 0 spiro atoms. The summed E-state index contributed by atoms with van der Waals surface area (Å²) in [6, 6.07) is 3.60. The Morgan fingerprint density at radius 1 is 1.45 bits per heavy atom. The van der Waals surface area contributed by atoms with Crippen LogP contribution in [0.25, 0.3) is 0 Å². The lowest BCUT2D eigenvalue weighted by molar-refractivity contribution is -0.144. The number of amides is 1. The third kappa shape index (κ3) is 4.40. The van der Waals surface area contributed by atoms with Crippen LogP contribution >= 0.6 is 11.6 Å². The Bertz CT molecular complexity index is 506. The van der Waals surface area contributed by atoms with Gasteiger partial charge in [0.25, 0.3) is 5.91 Å². The summed E-state index contributed by atoms with van der Waals surface area (Å²) in [5, 5.41) is 20.3. The van der Waals surface area contributed by atoms with Gasteiger partial charge in [-0.25, -0.2) is 4.79 Å². The van der Waals surface area contributed by atoms with Crippen LogP contribution in [0.1, 0.15) is 12.5 Å². The van der Waals surface area contributed by atoms with Crippen molar-refractivity contribution in [2.45, 2.75) is 26.0 Å². The van der Waals surface area contributed by atoms with E-state index in [0.717, 1.165) is 5.56 Å². The Balaban J connectivity index is 2.68. The lowest BCUT2D eigenvalue weighted by atomic mass is 10.2. The molecule has 1 aromatic rings. The van der Waals surface area contributed by atoms with Crippen molar-refractivity contribution in [1.82, 2.24) is 5.32 Å². The van der Waals surface area contributed by atoms with Crippen molar-refractivity contribution in [3.05, 3.63) is 28.8 Å². The van der Waals surface area contributed by atoms with Gasteiger partial charge in [-0.3, -0.25) is 4.79 Å². The van der Waals surface area contributed by atoms with E-state index in [9.17, 15) is 9.59 Å². The van der Waals surface area contributed by atoms with Crippen LogP contribution < -0.4 is 10.1 Å². The van der Waals surface area contributed by atoms with Gasteiger partial charge < -0.3 is 20.3 Å². The first kappa shape index (κ1) is 16.3. The number of aliphatic hydroxyl groups is 1. The first-order valence-corrected chi connectivity index (χ1v) is 6.29. The standard InChI is InChI=1S/C13H16ClNO5/c1-7-5-9(14)3-4-11(7)20-8(2)12(17)15-10(6-16)13(18)19/h3-5,8,10,16H,6H2,1-2H3,(H,15,17)(H,18,19)/t8?,10-/m1/s1. The molecule has 7 heteroatoms. The zero-order valence-electron chi connectivity index (χ0n) is 11.1. The molecule has 6 nitrogen and oxygen atoms in total. The average molecular weight is 302 g/mol. The SMILES string of the molecule is Cc1cc(Cl)ccc1OC(C)C(=O)N[C@H](CO)C(=O)O. The van der Waals surface area contributed by atoms with E-state index in [4.69, 9.17) is 26.6 Å². The number of rotatable bonds is 6. The Morgan fingerprint density at radius 3 is 2.60 bits per heavy atom. The molecule has 0 aliphatic rings. The summed E-state index contributed by atoms with van der Waals surface area (Å²) in [5.41, 5.74) is 0.758. The summed E-state index contributed by atoms with van der Waals surface area (Å²) in [6.07, 6.45) is -0.900. The highest BCUT2D eigenvalue weighted by Gasteiger charge is 2.23. The van der Waals surface area contributed by atoms with Gasteiger partial charge in [-0.1, -0.05) is 11.6 Å². The molecule has 0 saturated heterocycles. The maximum atomic E-state index is 11.8. The van der Waals surface area contributed by atoms with Gasteiger partial charge in [-0.15, -0.1) is 0 Å². The summed E-state index contributed by atoms with van der Waals surface area (Å²) in [6.45, 7) is 2.58. The highest BCUT2D eigenvalue weighted by atomic mass is 35.5. The van der Waals surface area contributed by atoms with Crippen molar-refractivity contribution in [3.8, 4) is 5.75 Å². The third-order valence-electron chi connectivity index (χ3n) is 2.61. The predicted molar refractivity (Wildman–Crippen MR) is 72.9 cm³/mol. The molecule has 1 rings (SSSR count). The zero-order valence-corrected chi connectivity index (χ0v) is 11.8. The number of aliphatic carboxylic acids is 1. The van der Waals surface area contributed by atoms with E-state index < -0.39 is 30.6 Å². The largest absolute Gasteiger partial charge is 0.481 e. The van der Waals surface area contributed by atoms with Crippen LogP contribution in [0.4, 0.5) is 0 Å². The summed E-state index contributed by atoms with van der Waals surface area (Å²) >= 11 is 5.81. The summed E-state index contributed by atoms with van der Waals surface area (Å²) in [4.78, 5) is 22.5. The molecule has 2 atom stereocenters. The lowest BCUT2D eigenvalue weighted by Crippen LogP contribution is -2.48. The van der Waals surface area contributed by atoms with Gasteiger partial charge in [0.1, 0.15) is 11.8 Å². The molecular formula is C13H16ClNO5. The predicted octanol–water partition coefficient (Wildman–Crippen LogP) is 0.977. The first-order chi connectivity index (χ1) is 9.35. The Labute approximate surface area is 121 Å². The summed E-state index contributed by atoms with van der Waals surface area (Å²) < 4.78 is 5.44. The highest BCUT2D eigenvalue weighted by Crippen LogP contribution is 2.22. The molecule has 1 aromatic carbocycles. The number of carboxylic acids is 1. The van der Waals surface area contributed by atoms with Crippen LogP contribution in [-0.2, 0) is 9.59 Å². The molecule has 1 amide bonds. The highest BCUT2D eigenvalue weighted by molar-refractivity contribution is 6.30. The minimum absolute atomic E-state index is 0.480. The maximum absolute atomic E-state index is 11.8. The second-order valence-corrected chi connectivity index (χ2v) is 4.69. The van der Waals surface area contributed by atoms with E-state index in [2.05, 4.69) is 5.32 Å². The first-order valence-electron chi connectivity index (χ1n) is 5.92. The smallest absolute Gasteiger partial charge is 0.328 e. The monoisotopic (exact) mass is 301 g/mol. The number of aryl methyl sites for hydroxylation is 1. The molecule has 20 heavy (non-hydrogen) atoms. The molecule has 0 aliphatic heterocycles. The fourth-order valence-electron chi connectivity index (χ4n) is 1.46. The molecule has 110 valence electrons. The van der Waals surface area contributed by atoms with Crippen LogP contribution in [0.3, 0.4) is 0 Å². The Kier molecular flexibility index (Phi) is 5.79. The van der Waals surface area contributed by atoms with Crippen molar-refractivity contribution in [1.29, 1.82) is 0 Å². The number of benzene rings is 1. The van der Waals surface area contributed by atoms with Crippen LogP contribution in [0.15, 0.2) is 18.2 Å². The number of carbonyl (C=O) groups is 2. The van der Waals surface area contributed by atoms with Crippen molar-refractivity contribution in [3.63, 3.8) is 0 Å². The minimum Gasteiger partial charge on any atom is -0.481 e. The van der Waals surface area contributed by atoms with Gasteiger partial charge >= 0.3 is 5.97 Å². The zero-order chi connectivity index (χ0) is 15.3.